The molecule has 0 bridgehead atoms. The molecule has 6 nitrogen and oxygen atoms in total. The van der Waals surface area contributed by atoms with E-state index in [4.69, 9.17) is 0 Å². The molecule has 0 saturated heterocycles. The van der Waals surface area contributed by atoms with Gasteiger partial charge in [-0.2, -0.15) is 15.6 Å². The van der Waals surface area contributed by atoms with Gasteiger partial charge in [-0.25, -0.2) is 8.42 Å². The maximum atomic E-state index is 13.5. The molecule has 0 radical (unpaired) electrons. The van der Waals surface area contributed by atoms with Crippen molar-refractivity contribution in [3.63, 3.8) is 0 Å². The third kappa shape index (κ3) is 4.44. The van der Waals surface area contributed by atoms with E-state index < -0.39 is 14.9 Å². The van der Waals surface area contributed by atoms with Crippen molar-refractivity contribution in [1.29, 1.82) is 10.5 Å². The Hall–Kier alpha value is -4.20. The lowest BCUT2D eigenvalue weighted by Gasteiger charge is -2.13. The number of nitrogens with zero attached hydrogens (tertiary/aromatic N) is 3. The maximum Gasteiger partial charge on any atom is 0.226 e. The first-order chi connectivity index (χ1) is 14.6. The quantitative estimate of drug-likeness (QED) is 0.290. The number of sulfone groups is 1. The minimum absolute atomic E-state index is 0.00210. The van der Waals surface area contributed by atoms with E-state index in [2.05, 4.69) is 10.5 Å². The van der Waals surface area contributed by atoms with Crippen LogP contribution in [0.2, 0.25) is 0 Å². The Balaban J connectivity index is 2.29. The largest absolute Gasteiger partial charge is 0.277 e. The highest BCUT2D eigenvalue weighted by molar-refractivity contribution is 8.07. The molecule has 0 amide bonds. The fraction of sp³-hybridized carbons (Fsp3) is 0. The second kappa shape index (κ2) is 9.33. The summed E-state index contributed by atoms with van der Waals surface area (Å²) in [6.07, 6.45) is 0. The highest BCUT2D eigenvalue weighted by atomic mass is 32.2. The molecular weight excluding hydrogens is 396 g/mol. The molecule has 7 heteroatoms. The first kappa shape index (κ1) is 20.5. The summed E-state index contributed by atoms with van der Waals surface area (Å²) in [5, 5.41) is 22.8. The summed E-state index contributed by atoms with van der Waals surface area (Å²) in [5.74, 6) is 0. The Kier molecular flexibility index (Phi) is 6.39. The molecule has 30 heavy (non-hydrogen) atoms. The summed E-state index contributed by atoms with van der Waals surface area (Å²) >= 11 is 0. The topological polar surface area (TPSA) is 106 Å². The van der Waals surface area contributed by atoms with Crippen LogP contribution in [-0.2, 0) is 9.84 Å². The van der Waals surface area contributed by atoms with E-state index in [1.54, 1.807) is 84.9 Å². The Labute approximate surface area is 175 Å². The van der Waals surface area contributed by atoms with E-state index in [1.165, 1.54) is 12.1 Å². The third-order valence-electron chi connectivity index (χ3n) is 4.12. The molecule has 0 saturated carbocycles. The minimum Gasteiger partial charge on any atom is -0.277 e. The number of hydrazone groups is 1. The van der Waals surface area contributed by atoms with Crippen LogP contribution in [0.15, 0.2) is 107 Å². The summed E-state index contributed by atoms with van der Waals surface area (Å²) in [5.41, 5.74) is 3.26. The zero-order chi connectivity index (χ0) is 21.4. The fourth-order valence-corrected chi connectivity index (χ4v) is 4.10. The monoisotopic (exact) mass is 412 g/mol. The molecule has 0 fully saturated rings. The standard InChI is InChI=1S/C23H16N4O2S/c24-16-19(17-25)22(18-10-4-1-5-11-18)23(27-26-20-12-6-2-7-13-20)30(28,29)21-14-8-3-9-15-21/h1-15,26H. The number of hydrogen-bond acceptors (Lipinski definition) is 6. The van der Waals surface area contributed by atoms with Crippen LogP contribution < -0.4 is 5.43 Å². The lowest BCUT2D eigenvalue weighted by Crippen LogP contribution is -2.20. The molecule has 1 N–H and O–H groups in total. The fourth-order valence-electron chi connectivity index (χ4n) is 2.71. The van der Waals surface area contributed by atoms with E-state index in [0.717, 1.165) is 0 Å². The highest BCUT2D eigenvalue weighted by Gasteiger charge is 2.30. The number of allylic oxidation sites excluding steroid dienone is 1. The van der Waals surface area contributed by atoms with Crippen molar-refractivity contribution in [1.82, 2.24) is 0 Å². The number of hydrogen-bond donors (Lipinski definition) is 1. The van der Waals surface area contributed by atoms with Crippen LogP contribution in [0, 0.1) is 22.7 Å². The Bertz CT molecular complexity index is 1250. The van der Waals surface area contributed by atoms with Crippen molar-refractivity contribution >= 4 is 26.1 Å². The lowest BCUT2D eigenvalue weighted by molar-refractivity contribution is 0.607. The van der Waals surface area contributed by atoms with Crippen LogP contribution in [0.3, 0.4) is 0 Å². The van der Waals surface area contributed by atoms with E-state index in [-0.39, 0.29) is 16.0 Å². The van der Waals surface area contributed by atoms with E-state index in [0.29, 0.717) is 11.3 Å². The van der Waals surface area contributed by atoms with Gasteiger partial charge in [0.1, 0.15) is 17.7 Å². The van der Waals surface area contributed by atoms with Gasteiger partial charge in [0.15, 0.2) is 5.04 Å². The van der Waals surface area contributed by atoms with Gasteiger partial charge in [0.25, 0.3) is 0 Å². The van der Waals surface area contributed by atoms with Crippen LogP contribution in [0.4, 0.5) is 5.69 Å². The summed E-state index contributed by atoms with van der Waals surface area (Å²) < 4.78 is 27.0. The number of nitriles is 2. The van der Waals surface area contributed by atoms with E-state index in [1.807, 2.05) is 6.07 Å². The molecule has 0 aliphatic rings. The van der Waals surface area contributed by atoms with Gasteiger partial charge in [-0.1, -0.05) is 66.7 Å². The normalized spacial score (nSPS) is 11.1. The number of rotatable bonds is 5. The van der Waals surface area contributed by atoms with Crippen LogP contribution in [0.1, 0.15) is 5.56 Å². The Morgan fingerprint density at radius 3 is 1.80 bits per heavy atom. The lowest BCUT2D eigenvalue weighted by atomic mass is 10.0. The summed E-state index contributed by atoms with van der Waals surface area (Å²) in [6, 6.07) is 28.6. The molecular formula is C23H16N4O2S. The average Bonchev–Trinajstić information content (AvgIpc) is 2.80. The van der Waals surface area contributed by atoms with Crippen LogP contribution in [0.25, 0.3) is 5.57 Å². The van der Waals surface area contributed by atoms with Gasteiger partial charge in [-0.05, 0) is 29.8 Å². The van der Waals surface area contributed by atoms with Gasteiger partial charge < -0.3 is 0 Å². The molecule has 0 spiro atoms. The number of para-hydroxylation sites is 1. The summed E-state index contributed by atoms with van der Waals surface area (Å²) in [6.45, 7) is 0. The van der Waals surface area contributed by atoms with Gasteiger partial charge in [0, 0.05) is 5.57 Å². The third-order valence-corrected chi connectivity index (χ3v) is 5.82. The van der Waals surface area contributed by atoms with Crippen molar-refractivity contribution < 1.29 is 8.42 Å². The second-order valence-corrected chi connectivity index (χ2v) is 7.92. The molecule has 0 unspecified atom stereocenters. The molecule has 3 rings (SSSR count). The predicted octanol–water partition coefficient (Wildman–Crippen LogP) is 4.39. The minimum atomic E-state index is -4.16. The van der Waals surface area contributed by atoms with Gasteiger partial charge in [0.2, 0.25) is 9.84 Å². The SMILES string of the molecule is N#CC(C#N)=C(C(=NNc1ccccc1)S(=O)(=O)c1ccccc1)c1ccccc1. The molecule has 0 aromatic heterocycles. The Morgan fingerprint density at radius 1 is 0.767 bits per heavy atom. The van der Waals surface area contributed by atoms with E-state index >= 15 is 0 Å². The molecule has 0 atom stereocenters. The molecule has 3 aromatic rings. The van der Waals surface area contributed by atoms with Crippen molar-refractivity contribution in [2.24, 2.45) is 5.10 Å². The predicted molar refractivity (Wildman–Crippen MR) is 116 cm³/mol. The highest BCUT2D eigenvalue weighted by Crippen LogP contribution is 2.27. The molecule has 0 aliphatic heterocycles. The van der Waals surface area contributed by atoms with E-state index in [9.17, 15) is 18.9 Å². The zero-order valence-electron chi connectivity index (χ0n) is 15.7. The first-order valence-corrected chi connectivity index (χ1v) is 10.4. The van der Waals surface area contributed by atoms with Crippen molar-refractivity contribution in [2.45, 2.75) is 4.90 Å². The number of anilines is 1. The maximum absolute atomic E-state index is 13.5. The van der Waals surface area contributed by atoms with Crippen LogP contribution in [0.5, 0.6) is 0 Å². The second-order valence-electron chi connectivity index (χ2n) is 6.05. The van der Waals surface area contributed by atoms with Gasteiger partial charge >= 0.3 is 0 Å². The smallest absolute Gasteiger partial charge is 0.226 e. The number of nitrogens with one attached hydrogen (secondary N) is 1. The van der Waals surface area contributed by atoms with Gasteiger partial charge in [-0.3, -0.25) is 5.43 Å². The molecule has 0 aliphatic carbocycles. The summed E-state index contributed by atoms with van der Waals surface area (Å²) in [4.78, 5) is 0.00210. The molecule has 3 aromatic carbocycles. The van der Waals surface area contributed by atoms with Crippen LogP contribution >= 0.6 is 0 Å². The average molecular weight is 412 g/mol. The van der Waals surface area contributed by atoms with Gasteiger partial charge in [-0.15, -0.1) is 0 Å². The summed E-state index contributed by atoms with van der Waals surface area (Å²) in [7, 11) is -4.16. The van der Waals surface area contributed by atoms with Crippen molar-refractivity contribution in [3.05, 3.63) is 102 Å². The van der Waals surface area contributed by atoms with Crippen molar-refractivity contribution in [2.75, 3.05) is 5.43 Å². The zero-order valence-corrected chi connectivity index (χ0v) is 16.5. The van der Waals surface area contributed by atoms with Crippen molar-refractivity contribution in [3.8, 4) is 12.1 Å². The molecule has 146 valence electrons. The first-order valence-electron chi connectivity index (χ1n) is 8.87. The molecule has 0 heterocycles. The van der Waals surface area contributed by atoms with Crippen LogP contribution in [-0.4, -0.2) is 13.5 Å². The number of benzene rings is 3. The van der Waals surface area contributed by atoms with Gasteiger partial charge in [0.05, 0.1) is 10.6 Å². The Morgan fingerprint density at radius 2 is 1.27 bits per heavy atom.